The van der Waals surface area contributed by atoms with Crippen LogP contribution in [0.4, 0.5) is 4.39 Å². The number of halogens is 1. The number of hydrogen-bond donors (Lipinski definition) is 0. The fraction of sp³-hybridized carbons (Fsp3) is 0.571. The van der Waals surface area contributed by atoms with Crippen LogP contribution in [0.2, 0.25) is 0 Å². The van der Waals surface area contributed by atoms with Crippen LogP contribution in [-0.2, 0) is 24.9 Å². The molecule has 1 aliphatic heterocycles. The van der Waals surface area contributed by atoms with Crippen LogP contribution in [0.5, 0.6) is 0 Å². The highest BCUT2D eigenvalue weighted by Gasteiger charge is 2.52. The van der Waals surface area contributed by atoms with Crippen molar-refractivity contribution in [1.29, 1.82) is 0 Å². The Morgan fingerprint density at radius 1 is 1.14 bits per heavy atom. The third-order valence-electron chi connectivity index (χ3n) is 4.00. The van der Waals surface area contributed by atoms with Gasteiger partial charge in [0.15, 0.2) is 9.84 Å². The van der Waals surface area contributed by atoms with Crippen LogP contribution in [0.25, 0.3) is 0 Å². The molecule has 0 saturated carbocycles. The van der Waals surface area contributed by atoms with Gasteiger partial charge in [-0.05, 0) is 39.3 Å². The quantitative estimate of drug-likeness (QED) is 0.797. The molecule has 0 amide bonds. The lowest BCUT2D eigenvalue weighted by Crippen LogP contribution is -2.41. The van der Waals surface area contributed by atoms with E-state index in [1.165, 1.54) is 12.1 Å². The number of rotatable bonds is 3. The Balaban J connectivity index is 2.27. The molecule has 0 aliphatic carbocycles. The first-order valence-electron chi connectivity index (χ1n) is 6.73. The van der Waals surface area contributed by atoms with Crippen molar-refractivity contribution in [3.63, 3.8) is 0 Å². The van der Waals surface area contributed by atoms with Crippen molar-refractivity contribution in [3.8, 4) is 0 Å². The van der Waals surface area contributed by atoms with Crippen LogP contribution in [0.15, 0.2) is 18.2 Å². The standard InChI is InChI=1S/C14H20BFO4S/c1-13(2)14(3,4)20-15(19-13)11-7-6-10(8-12(11)16)9-21(5,17)18/h6-8H,9H2,1-5H3. The first-order chi connectivity index (χ1) is 9.41. The van der Waals surface area contributed by atoms with E-state index in [9.17, 15) is 12.8 Å². The van der Waals surface area contributed by atoms with Gasteiger partial charge in [-0.1, -0.05) is 12.1 Å². The molecule has 1 fully saturated rings. The highest BCUT2D eigenvalue weighted by Crippen LogP contribution is 2.36. The molecule has 1 aliphatic rings. The topological polar surface area (TPSA) is 52.6 Å². The lowest BCUT2D eigenvalue weighted by atomic mass is 9.78. The summed E-state index contributed by atoms with van der Waals surface area (Å²) in [6.07, 6.45) is 1.12. The Bertz CT molecular complexity index is 639. The first kappa shape index (κ1) is 16.5. The van der Waals surface area contributed by atoms with Crippen molar-refractivity contribution >= 4 is 22.4 Å². The number of benzene rings is 1. The summed E-state index contributed by atoms with van der Waals surface area (Å²) in [5, 5.41) is 0. The van der Waals surface area contributed by atoms with Crippen molar-refractivity contribution in [3.05, 3.63) is 29.6 Å². The lowest BCUT2D eigenvalue weighted by Gasteiger charge is -2.32. The van der Waals surface area contributed by atoms with Crippen molar-refractivity contribution in [1.82, 2.24) is 0 Å². The van der Waals surface area contributed by atoms with E-state index in [1.54, 1.807) is 6.07 Å². The van der Waals surface area contributed by atoms with Gasteiger partial charge < -0.3 is 9.31 Å². The molecule has 0 aromatic heterocycles. The van der Waals surface area contributed by atoms with E-state index >= 15 is 0 Å². The minimum Gasteiger partial charge on any atom is -0.399 e. The van der Waals surface area contributed by atoms with Gasteiger partial charge >= 0.3 is 7.12 Å². The summed E-state index contributed by atoms with van der Waals surface area (Å²) in [7, 11) is -3.98. The summed E-state index contributed by atoms with van der Waals surface area (Å²) < 4.78 is 48.3. The largest absolute Gasteiger partial charge is 0.497 e. The van der Waals surface area contributed by atoms with Gasteiger partial charge in [-0.3, -0.25) is 0 Å². The molecule has 1 aromatic carbocycles. The summed E-state index contributed by atoms with van der Waals surface area (Å²) >= 11 is 0. The summed E-state index contributed by atoms with van der Waals surface area (Å²) in [5.41, 5.74) is -0.397. The first-order valence-corrected chi connectivity index (χ1v) is 8.79. The molecule has 0 atom stereocenters. The Kier molecular flexibility index (Phi) is 3.97. The van der Waals surface area contributed by atoms with Crippen molar-refractivity contribution in [2.75, 3.05) is 6.26 Å². The van der Waals surface area contributed by atoms with E-state index in [4.69, 9.17) is 9.31 Å². The fourth-order valence-corrected chi connectivity index (χ4v) is 2.91. The molecule has 1 saturated heterocycles. The maximum atomic E-state index is 14.2. The maximum Gasteiger partial charge on any atom is 0.497 e. The molecular weight excluding hydrogens is 294 g/mol. The fourth-order valence-electron chi connectivity index (χ4n) is 2.12. The molecule has 0 unspecified atom stereocenters. The molecule has 7 heteroatoms. The second kappa shape index (κ2) is 5.07. The molecule has 116 valence electrons. The molecule has 0 bridgehead atoms. The monoisotopic (exact) mass is 314 g/mol. The highest BCUT2D eigenvalue weighted by atomic mass is 32.2. The third kappa shape index (κ3) is 3.47. The predicted octanol–water partition coefficient (Wildman–Crippen LogP) is 1.67. The number of sulfone groups is 1. The van der Waals surface area contributed by atoms with E-state index < -0.39 is 34.0 Å². The zero-order valence-electron chi connectivity index (χ0n) is 12.9. The molecule has 1 heterocycles. The predicted molar refractivity (Wildman–Crippen MR) is 80.7 cm³/mol. The van der Waals surface area contributed by atoms with Gasteiger partial charge in [-0.2, -0.15) is 0 Å². The van der Waals surface area contributed by atoms with Gasteiger partial charge in [0, 0.05) is 11.7 Å². The molecule has 0 spiro atoms. The van der Waals surface area contributed by atoms with Crippen LogP contribution in [0, 0.1) is 5.82 Å². The summed E-state index contributed by atoms with van der Waals surface area (Å²) in [4.78, 5) is 0. The van der Waals surface area contributed by atoms with Crippen LogP contribution in [0.3, 0.4) is 0 Å². The van der Waals surface area contributed by atoms with E-state index in [0.29, 0.717) is 5.56 Å². The Labute approximate surface area is 125 Å². The van der Waals surface area contributed by atoms with Crippen LogP contribution < -0.4 is 5.46 Å². The van der Waals surface area contributed by atoms with Gasteiger partial charge in [0.1, 0.15) is 5.82 Å². The van der Waals surface area contributed by atoms with E-state index in [-0.39, 0.29) is 11.2 Å². The van der Waals surface area contributed by atoms with Crippen molar-refractivity contribution in [2.45, 2.75) is 44.6 Å². The van der Waals surface area contributed by atoms with Gasteiger partial charge in [0.05, 0.1) is 17.0 Å². The van der Waals surface area contributed by atoms with Crippen LogP contribution >= 0.6 is 0 Å². The Hall–Kier alpha value is -0.915. The Morgan fingerprint density at radius 3 is 2.10 bits per heavy atom. The molecule has 21 heavy (non-hydrogen) atoms. The zero-order valence-corrected chi connectivity index (χ0v) is 13.8. The molecule has 0 radical (unpaired) electrons. The molecule has 0 N–H and O–H groups in total. The van der Waals surface area contributed by atoms with E-state index in [1.807, 2.05) is 27.7 Å². The summed E-state index contributed by atoms with van der Waals surface area (Å²) in [6.45, 7) is 7.57. The summed E-state index contributed by atoms with van der Waals surface area (Å²) in [5.74, 6) is -0.706. The minimum absolute atomic E-state index is 0.187. The van der Waals surface area contributed by atoms with Crippen LogP contribution in [-0.4, -0.2) is 33.0 Å². The van der Waals surface area contributed by atoms with Gasteiger partial charge in [-0.15, -0.1) is 0 Å². The maximum absolute atomic E-state index is 14.2. The molecular formula is C14H20BFO4S. The molecule has 1 aromatic rings. The van der Waals surface area contributed by atoms with Gasteiger partial charge in [-0.25, -0.2) is 12.8 Å². The van der Waals surface area contributed by atoms with Gasteiger partial charge in [0.25, 0.3) is 0 Å². The second-order valence-corrected chi connectivity index (χ2v) is 8.65. The molecule has 4 nitrogen and oxygen atoms in total. The number of hydrogen-bond acceptors (Lipinski definition) is 4. The lowest BCUT2D eigenvalue weighted by molar-refractivity contribution is 0.00578. The average molecular weight is 314 g/mol. The minimum atomic E-state index is -3.19. The van der Waals surface area contributed by atoms with E-state index in [2.05, 4.69) is 0 Å². The normalized spacial score (nSPS) is 20.8. The van der Waals surface area contributed by atoms with Crippen LogP contribution in [0.1, 0.15) is 33.3 Å². The highest BCUT2D eigenvalue weighted by molar-refractivity contribution is 7.89. The third-order valence-corrected chi connectivity index (χ3v) is 4.86. The zero-order chi connectivity index (χ0) is 16.1. The van der Waals surface area contributed by atoms with E-state index in [0.717, 1.165) is 6.26 Å². The SMILES string of the molecule is CC1(C)OB(c2ccc(CS(C)(=O)=O)cc2F)OC1(C)C. The Morgan fingerprint density at radius 2 is 1.67 bits per heavy atom. The van der Waals surface area contributed by atoms with Crippen molar-refractivity contribution < 1.29 is 22.1 Å². The second-order valence-electron chi connectivity index (χ2n) is 6.51. The average Bonchev–Trinajstić information content (AvgIpc) is 2.45. The summed E-state index contributed by atoms with van der Waals surface area (Å²) in [6, 6.07) is 4.34. The smallest absolute Gasteiger partial charge is 0.399 e. The van der Waals surface area contributed by atoms with Gasteiger partial charge in [0.2, 0.25) is 0 Å². The van der Waals surface area contributed by atoms with Crippen molar-refractivity contribution in [2.24, 2.45) is 0 Å². The molecule has 2 rings (SSSR count).